The summed E-state index contributed by atoms with van der Waals surface area (Å²) in [4.78, 5) is 28.4. The first-order chi connectivity index (χ1) is 16.2. The van der Waals surface area contributed by atoms with E-state index in [-0.39, 0.29) is 17.7 Å². The van der Waals surface area contributed by atoms with E-state index in [2.05, 4.69) is 10.2 Å². The Morgan fingerprint density at radius 3 is 2.41 bits per heavy atom. The highest BCUT2D eigenvalue weighted by Crippen LogP contribution is 2.36. The third kappa shape index (κ3) is 4.85. The molecule has 1 atom stereocenters. The zero-order valence-electron chi connectivity index (χ0n) is 19.4. The van der Waals surface area contributed by atoms with Gasteiger partial charge in [-0.3, -0.25) is 9.59 Å². The molecule has 1 N–H and O–H groups in total. The van der Waals surface area contributed by atoms with Gasteiger partial charge in [0.1, 0.15) is 10.0 Å². The van der Waals surface area contributed by atoms with Crippen LogP contribution in [0.2, 0.25) is 5.02 Å². The topological polar surface area (TPSA) is 86.6 Å². The van der Waals surface area contributed by atoms with E-state index in [4.69, 9.17) is 11.6 Å². The number of benzene rings is 2. The number of rotatable bonds is 5. The Hall–Kier alpha value is -2.81. The molecule has 0 bridgehead atoms. The molecule has 2 amide bonds. The van der Waals surface area contributed by atoms with E-state index >= 15 is 0 Å². The summed E-state index contributed by atoms with van der Waals surface area (Å²) in [6, 6.07) is 14.3. The molecule has 1 fully saturated rings. The first-order valence-corrected chi connectivity index (χ1v) is 12.3. The third-order valence-electron chi connectivity index (χ3n) is 6.18. The van der Waals surface area contributed by atoms with Gasteiger partial charge in [0, 0.05) is 38.7 Å². The van der Waals surface area contributed by atoms with E-state index in [0.717, 1.165) is 28.4 Å². The van der Waals surface area contributed by atoms with E-state index in [1.165, 1.54) is 16.2 Å². The van der Waals surface area contributed by atoms with Crippen LogP contribution < -0.4 is 0 Å². The van der Waals surface area contributed by atoms with Crippen molar-refractivity contribution in [1.29, 1.82) is 0 Å². The second-order valence-corrected chi connectivity index (χ2v) is 10.3. The Morgan fingerprint density at radius 1 is 1.12 bits per heavy atom. The van der Waals surface area contributed by atoms with Gasteiger partial charge in [0.2, 0.25) is 0 Å². The fraction of sp³-hybridized carbons (Fsp3) is 0.360. The molecule has 7 nitrogen and oxygen atoms in total. The number of carbonyl (C=O) groups is 2. The monoisotopic (exact) mass is 498 g/mol. The minimum Gasteiger partial charge on any atom is -0.376 e. The van der Waals surface area contributed by atoms with Crippen LogP contribution in [0.25, 0.3) is 10.6 Å². The highest BCUT2D eigenvalue weighted by atomic mass is 35.5. The van der Waals surface area contributed by atoms with E-state index in [1.807, 2.05) is 24.3 Å². The number of amides is 2. The highest BCUT2D eigenvalue weighted by molar-refractivity contribution is 7.14. The van der Waals surface area contributed by atoms with Crippen LogP contribution in [0, 0.1) is 0 Å². The van der Waals surface area contributed by atoms with Crippen LogP contribution in [0.1, 0.15) is 46.6 Å². The lowest BCUT2D eigenvalue weighted by Crippen LogP contribution is -2.48. The molecule has 2 aromatic carbocycles. The fourth-order valence-electron chi connectivity index (χ4n) is 4.10. The maximum atomic E-state index is 13.0. The van der Waals surface area contributed by atoms with Crippen LogP contribution >= 0.6 is 22.9 Å². The molecule has 4 rings (SSSR count). The summed E-state index contributed by atoms with van der Waals surface area (Å²) in [5, 5.41) is 21.7. The zero-order valence-corrected chi connectivity index (χ0v) is 20.9. The van der Waals surface area contributed by atoms with Gasteiger partial charge in [-0.25, -0.2) is 0 Å². The lowest BCUT2D eigenvalue weighted by atomic mass is 9.91. The first kappa shape index (κ1) is 24.3. The molecule has 1 aliphatic rings. The molecule has 1 aromatic heterocycles. The average molecular weight is 499 g/mol. The van der Waals surface area contributed by atoms with Crippen molar-refractivity contribution in [3.05, 3.63) is 69.7 Å². The van der Waals surface area contributed by atoms with Gasteiger partial charge >= 0.3 is 0 Å². The van der Waals surface area contributed by atoms with Crippen molar-refractivity contribution in [2.24, 2.45) is 0 Å². The molecular formula is C25H27ClN4O3S. The van der Waals surface area contributed by atoms with Gasteiger partial charge in [-0.15, -0.1) is 10.2 Å². The number of nitrogens with zero attached hydrogens (tertiary/aromatic N) is 4. The maximum Gasteiger partial charge on any atom is 0.258 e. The van der Waals surface area contributed by atoms with Crippen LogP contribution in [0.15, 0.2) is 48.5 Å². The molecule has 1 aliphatic heterocycles. The van der Waals surface area contributed by atoms with Gasteiger partial charge in [0.15, 0.2) is 5.60 Å². The van der Waals surface area contributed by atoms with Crippen molar-refractivity contribution >= 4 is 34.8 Å². The molecule has 9 heteroatoms. The number of halogens is 1. The summed E-state index contributed by atoms with van der Waals surface area (Å²) in [6.07, 6.45) is 1.50. The molecule has 34 heavy (non-hydrogen) atoms. The summed E-state index contributed by atoms with van der Waals surface area (Å²) in [5.41, 5.74) is 0.302. The normalized spacial score (nSPS) is 16.2. The van der Waals surface area contributed by atoms with E-state index in [9.17, 15) is 14.7 Å². The van der Waals surface area contributed by atoms with Crippen molar-refractivity contribution in [3.63, 3.8) is 0 Å². The number of hydrogen-bond donors (Lipinski definition) is 1. The third-order valence-corrected chi connectivity index (χ3v) is 7.62. The quantitative estimate of drug-likeness (QED) is 0.570. The largest absolute Gasteiger partial charge is 0.376 e. The number of likely N-dealkylation sites (tertiary alicyclic amines) is 1. The van der Waals surface area contributed by atoms with Gasteiger partial charge in [-0.2, -0.15) is 0 Å². The van der Waals surface area contributed by atoms with Crippen LogP contribution in [0.4, 0.5) is 0 Å². The average Bonchev–Trinajstić information content (AvgIpc) is 3.34. The lowest BCUT2D eigenvalue weighted by molar-refractivity contribution is -0.151. The van der Waals surface area contributed by atoms with Gasteiger partial charge in [-0.1, -0.05) is 59.3 Å². The first-order valence-electron chi connectivity index (χ1n) is 11.1. The minimum atomic E-state index is -1.55. The van der Waals surface area contributed by atoms with Crippen LogP contribution in [0.5, 0.6) is 0 Å². The molecule has 178 valence electrons. The summed E-state index contributed by atoms with van der Waals surface area (Å²) in [5.74, 6) is -0.235. The standard InChI is InChI=1S/C25H27ClN4O3S/c1-25(33,18-7-5-4-6-8-18)24(32)30-13-11-16(12-14-30)21-27-28-22(34-21)17-9-10-19(20(26)15-17)23(31)29(2)3/h4-10,15-16,33H,11-14H2,1-3H3/t25-/m1/s1. The van der Waals surface area contributed by atoms with Crippen molar-refractivity contribution < 1.29 is 14.7 Å². The van der Waals surface area contributed by atoms with Crippen molar-refractivity contribution in [2.75, 3.05) is 27.2 Å². The number of piperidine rings is 1. The number of aliphatic hydroxyl groups is 1. The molecule has 3 aromatic rings. The molecule has 0 radical (unpaired) electrons. The Balaban J connectivity index is 1.42. The summed E-state index contributed by atoms with van der Waals surface area (Å²) in [7, 11) is 3.37. The molecule has 1 saturated heterocycles. The Morgan fingerprint density at radius 2 is 1.79 bits per heavy atom. The minimum absolute atomic E-state index is 0.151. The SMILES string of the molecule is CN(C)C(=O)c1ccc(-c2nnc(C3CCN(C(=O)[C@](C)(O)c4ccccc4)CC3)s2)cc1Cl. The van der Waals surface area contributed by atoms with Gasteiger partial charge in [-0.05, 0) is 37.5 Å². The van der Waals surface area contributed by atoms with E-state index < -0.39 is 5.60 Å². The summed E-state index contributed by atoms with van der Waals surface area (Å²) in [6.45, 7) is 2.65. The number of hydrogen-bond acceptors (Lipinski definition) is 6. The second-order valence-electron chi connectivity index (χ2n) is 8.84. The lowest BCUT2D eigenvalue weighted by Gasteiger charge is -2.35. The Bertz CT molecular complexity index is 1190. The fourth-order valence-corrected chi connectivity index (χ4v) is 5.37. The van der Waals surface area contributed by atoms with E-state index in [0.29, 0.717) is 29.2 Å². The predicted molar refractivity (Wildman–Crippen MR) is 133 cm³/mol. The molecule has 0 spiro atoms. The summed E-state index contributed by atoms with van der Waals surface area (Å²) >= 11 is 7.86. The molecular weight excluding hydrogens is 472 g/mol. The van der Waals surface area contributed by atoms with Gasteiger partial charge in [0.25, 0.3) is 11.8 Å². The molecule has 0 unspecified atom stereocenters. The number of carbonyl (C=O) groups excluding carboxylic acids is 2. The highest BCUT2D eigenvalue weighted by Gasteiger charge is 2.38. The number of aromatic nitrogens is 2. The molecule has 2 heterocycles. The zero-order chi connectivity index (χ0) is 24.5. The molecule has 0 saturated carbocycles. The predicted octanol–water partition coefficient (Wildman–Crippen LogP) is 4.17. The Kier molecular flexibility index (Phi) is 7.02. The van der Waals surface area contributed by atoms with E-state index in [1.54, 1.807) is 50.2 Å². The smallest absolute Gasteiger partial charge is 0.258 e. The van der Waals surface area contributed by atoms with Gasteiger partial charge in [0.05, 0.1) is 10.6 Å². The Labute approximate surface area is 208 Å². The molecule has 0 aliphatic carbocycles. The maximum absolute atomic E-state index is 13.0. The van der Waals surface area contributed by atoms with Crippen molar-refractivity contribution in [2.45, 2.75) is 31.3 Å². The second kappa shape index (κ2) is 9.82. The van der Waals surface area contributed by atoms with Crippen molar-refractivity contribution in [1.82, 2.24) is 20.0 Å². The van der Waals surface area contributed by atoms with Crippen LogP contribution in [-0.2, 0) is 10.4 Å². The summed E-state index contributed by atoms with van der Waals surface area (Å²) < 4.78 is 0. The van der Waals surface area contributed by atoms with Gasteiger partial charge < -0.3 is 14.9 Å². The van der Waals surface area contributed by atoms with Crippen LogP contribution in [0.3, 0.4) is 0 Å². The van der Waals surface area contributed by atoms with Crippen molar-refractivity contribution in [3.8, 4) is 10.6 Å². The van der Waals surface area contributed by atoms with Crippen LogP contribution in [-0.4, -0.2) is 64.1 Å².